The molecule has 8 aliphatic rings. The smallest absolute Gasteiger partial charge is 0.154 e. The SMILES string of the molecule is C/C=C\C(CC(C)(C)/C=N/C(=N\C(C)C1=CC=CC[C@@H]1C)C1=CCC2=C(C=C1)C1CCC=CC=C1N2C1=CC=CCC1)C1=CCC=CC(C(/N=C/[C@H]2C=CCCC2)NC(=N)C2=CCCCC=C2)=C1. The minimum Gasteiger partial charge on any atom is -0.345 e. The third-order valence-corrected chi connectivity index (χ3v) is 14.5. The summed E-state index contributed by atoms with van der Waals surface area (Å²) >= 11 is 0. The van der Waals surface area contributed by atoms with Crippen LogP contribution in [0.1, 0.15) is 125 Å². The van der Waals surface area contributed by atoms with Crippen molar-refractivity contribution in [2.75, 3.05) is 0 Å². The van der Waals surface area contributed by atoms with Gasteiger partial charge in [-0.3, -0.25) is 15.4 Å². The fraction of sp³-hybridized carbons (Fsp3) is 0.419. The molecule has 0 fully saturated rings. The highest BCUT2D eigenvalue weighted by Crippen LogP contribution is 2.47. The van der Waals surface area contributed by atoms with Crippen LogP contribution in [0.5, 0.6) is 0 Å². The first-order chi connectivity index (χ1) is 33.2. The number of hydrogen-bond donors (Lipinski definition) is 2. The van der Waals surface area contributed by atoms with Crippen LogP contribution in [0.15, 0.2) is 205 Å². The molecule has 68 heavy (non-hydrogen) atoms. The van der Waals surface area contributed by atoms with E-state index >= 15 is 0 Å². The van der Waals surface area contributed by atoms with Gasteiger partial charge in [0.25, 0.3) is 0 Å². The maximum atomic E-state index is 9.18. The Labute approximate surface area is 409 Å². The molecule has 4 unspecified atom stereocenters. The Morgan fingerprint density at radius 2 is 1.72 bits per heavy atom. The van der Waals surface area contributed by atoms with Gasteiger partial charge in [0.05, 0.1) is 6.04 Å². The minimum absolute atomic E-state index is 0.00149. The summed E-state index contributed by atoms with van der Waals surface area (Å²) in [4.78, 5) is 18.7. The maximum absolute atomic E-state index is 9.18. The highest BCUT2D eigenvalue weighted by Gasteiger charge is 2.37. The number of aliphatic imine (C=N–C) groups is 3. The van der Waals surface area contributed by atoms with Crippen molar-refractivity contribution < 1.29 is 0 Å². The van der Waals surface area contributed by atoms with Gasteiger partial charge >= 0.3 is 0 Å². The van der Waals surface area contributed by atoms with Crippen LogP contribution in [-0.4, -0.2) is 41.2 Å². The molecule has 0 spiro atoms. The van der Waals surface area contributed by atoms with Gasteiger partial charge in [-0.2, -0.15) is 0 Å². The van der Waals surface area contributed by atoms with Gasteiger partial charge in [-0.05, 0) is 138 Å². The molecule has 1 heterocycles. The molecule has 354 valence electrons. The van der Waals surface area contributed by atoms with Crippen LogP contribution < -0.4 is 5.32 Å². The first-order valence-corrected chi connectivity index (χ1v) is 25.9. The van der Waals surface area contributed by atoms with Crippen LogP contribution in [0.3, 0.4) is 0 Å². The Hall–Kier alpha value is -5.88. The number of hydrogen-bond acceptors (Lipinski definition) is 4. The molecule has 6 atom stereocenters. The van der Waals surface area contributed by atoms with E-state index in [0.717, 1.165) is 106 Å². The summed E-state index contributed by atoms with van der Waals surface area (Å²) < 4.78 is 0. The summed E-state index contributed by atoms with van der Waals surface area (Å²) in [6.07, 6.45) is 70.7. The molecular formula is C62H76N6. The standard InChI is InChI=1S/C62H76N6/c1-6-24-52(50-30-21-22-31-51(41-50)61(64-43-47-26-12-9-13-27-47)67-59(63)48-28-14-7-8-15-29-48)42-62(4,5)44-65-60(66-46(3)54-34-23-20-25-45(54)2)49-37-39-56-55-35-18-11-19-36-57(55)68(58(56)40-38-49)53-32-16-10-17-33-53/h6,10-12,14,16,19-20,22-24,26,28-32,34,36-39,41,43-47,52,55,61H,7-9,13,15,17-18,21,25,27,33,35,40,42H2,1-5H3,(H2,63,67)/b24-6-,64-43+,65-44+,66-60-/t45-,46?,47-,52?,55?,61?/m0/s1. The summed E-state index contributed by atoms with van der Waals surface area (Å²) in [7, 11) is 0. The average molecular weight is 905 g/mol. The van der Waals surface area contributed by atoms with Crippen LogP contribution >= 0.6 is 0 Å². The zero-order chi connectivity index (χ0) is 47.3. The van der Waals surface area contributed by atoms with Crippen molar-refractivity contribution in [2.45, 2.75) is 137 Å². The van der Waals surface area contributed by atoms with Gasteiger partial charge in [0.2, 0.25) is 0 Å². The lowest BCUT2D eigenvalue weighted by Gasteiger charge is -2.29. The summed E-state index contributed by atoms with van der Waals surface area (Å²) in [5, 5.41) is 12.7. The average Bonchev–Trinajstić information content (AvgIpc) is 3.84. The van der Waals surface area contributed by atoms with E-state index in [4.69, 9.17) is 15.0 Å². The first kappa shape index (κ1) is 48.6. The van der Waals surface area contributed by atoms with Gasteiger partial charge in [0.15, 0.2) is 5.84 Å². The van der Waals surface area contributed by atoms with E-state index in [-0.39, 0.29) is 23.5 Å². The van der Waals surface area contributed by atoms with Crippen molar-refractivity contribution in [1.29, 1.82) is 5.41 Å². The van der Waals surface area contributed by atoms with E-state index in [0.29, 0.717) is 23.6 Å². The van der Waals surface area contributed by atoms with Crippen LogP contribution in [0.2, 0.25) is 0 Å². The molecule has 6 nitrogen and oxygen atoms in total. The van der Waals surface area contributed by atoms with Crippen molar-refractivity contribution in [3.63, 3.8) is 0 Å². The predicted octanol–water partition coefficient (Wildman–Crippen LogP) is 15.3. The molecule has 0 bridgehead atoms. The summed E-state index contributed by atoms with van der Waals surface area (Å²) in [5.41, 5.74) is 11.1. The zero-order valence-electron chi connectivity index (χ0n) is 41.6. The second-order valence-electron chi connectivity index (χ2n) is 20.4. The number of fused-ring (bicyclic) bond motifs is 2. The Morgan fingerprint density at radius 1 is 0.868 bits per heavy atom. The molecule has 0 saturated heterocycles. The van der Waals surface area contributed by atoms with E-state index < -0.39 is 0 Å². The lowest BCUT2D eigenvalue weighted by molar-refractivity contribution is 0.440. The van der Waals surface area contributed by atoms with Gasteiger partial charge in [-0.1, -0.05) is 148 Å². The molecule has 1 aliphatic heterocycles. The maximum Gasteiger partial charge on any atom is 0.154 e. The molecule has 8 rings (SSSR count). The van der Waals surface area contributed by atoms with Gasteiger partial charge in [0, 0.05) is 70.3 Å². The Bertz CT molecular complexity index is 2500. The number of nitrogens with zero attached hydrogens (tertiary/aromatic N) is 4. The van der Waals surface area contributed by atoms with Crippen molar-refractivity contribution in [2.24, 2.45) is 44.1 Å². The second kappa shape index (κ2) is 23.4. The molecule has 2 N–H and O–H groups in total. The fourth-order valence-electron chi connectivity index (χ4n) is 10.8. The van der Waals surface area contributed by atoms with E-state index in [9.17, 15) is 5.41 Å². The molecule has 0 saturated carbocycles. The molecular weight excluding hydrogens is 829 g/mol. The lowest BCUT2D eigenvalue weighted by Crippen LogP contribution is -2.35. The van der Waals surface area contributed by atoms with Crippen LogP contribution in [0.25, 0.3) is 0 Å². The first-order valence-electron chi connectivity index (χ1n) is 25.9. The fourth-order valence-corrected chi connectivity index (χ4v) is 10.8. The Balaban J connectivity index is 1.08. The quantitative estimate of drug-likeness (QED) is 0.103. The van der Waals surface area contributed by atoms with Crippen molar-refractivity contribution in [3.05, 3.63) is 190 Å². The molecule has 0 aromatic rings. The van der Waals surface area contributed by atoms with Gasteiger partial charge in [-0.15, -0.1) is 0 Å². The number of rotatable bonds is 14. The largest absolute Gasteiger partial charge is 0.345 e. The number of allylic oxidation sites excluding steroid dienone is 23. The third kappa shape index (κ3) is 12.4. The Morgan fingerprint density at radius 3 is 2.54 bits per heavy atom. The van der Waals surface area contributed by atoms with Crippen LogP contribution in [0, 0.1) is 34.5 Å². The summed E-state index contributed by atoms with van der Waals surface area (Å²) in [6.45, 7) is 11.3. The minimum atomic E-state index is -0.380. The van der Waals surface area contributed by atoms with Gasteiger partial charge < -0.3 is 10.2 Å². The van der Waals surface area contributed by atoms with Gasteiger partial charge in [-0.25, -0.2) is 4.99 Å². The predicted molar refractivity (Wildman–Crippen MR) is 291 cm³/mol. The third-order valence-electron chi connectivity index (χ3n) is 14.5. The monoisotopic (exact) mass is 905 g/mol. The van der Waals surface area contributed by atoms with E-state index in [1.165, 1.54) is 40.2 Å². The van der Waals surface area contributed by atoms with Gasteiger partial charge in [0.1, 0.15) is 12.0 Å². The highest BCUT2D eigenvalue weighted by atomic mass is 15.2. The van der Waals surface area contributed by atoms with Crippen molar-refractivity contribution >= 4 is 24.1 Å². The molecule has 0 radical (unpaired) electrons. The van der Waals surface area contributed by atoms with E-state index in [2.05, 4.69) is 197 Å². The number of amidine groups is 2. The van der Waals surface area contributed by atoms with Crippen LogP contribution in [0.4, 0.5) is 0 Å². The normalized spacial score (nSPS) is 25.7. The molecule has 0 aromatic carbocycles. The Kier molecular flexibility index (Phi) is 16.7. The second-order valence-corrected chi connectivity index (χ2v) is 20.4. The summed E-state index contributed by atoms with van der Waals surface area (Å²) in [5.74, 6) is 2.50. The molecule has 0 aromatic heterocycles. The lowest BCUT2D eigenvalue weighted by atomic mass is 9.79. The summed E-state index contributed by atoms with van der Waals surface area (Å²) in [6, 6.07) is -0.00149. The molecule has 7 aliphatic carbocycles. The topological polar surface area (TPSA) is 76.2 Å². The van der Waals surface area contributed by atoms with E-state index in [1.807, 2.05) is 0 Å². The highest BCUT2D eigenvalue weighted by molar-refractivity contribution is 6.05. The zero-order valence-corrected chi connectivity index (χ0v) is 41.6. The van der Waals surface area contributed by atoms with Crippen LogP contribution in [-0.2, 0) is 0 Å². The molecule has 6 heteroatoms. The van der Waals surface area contributed by atoms with Crippen molar-refractivity contribution in [1.82, 2.24) is 10.2 Å². The van der Waals surface area contributed by atoms with Crippen molar-refractivity contribution in [3.8, 4) is 0 Å². The van der Waals surface area contributed by atoms with E-state index in [1.54, 1.807) is 0 Å². The molecule has 0 amide bonds. The number of nitrogens with one attached hydrogen (secondary N) is 2.